The average molecular weight is 265 g/mol. The molecule has 4 heteroatoms. The summed E-state index contributed by atoms with van der Waals surface area (Å²) in [6.07, 6.45) is 3.81. The number of hydrogen-bond acceptors (Lipinski definition) is 4. The summed E-state index contributed by atoms with van der Waals surface area (Å²) in [4.78, 5) is 0. The first-order valence-electron chi connectivity index (χ1n) is 6.99. The maximum Gasteiger partial charge on any atom is 0.119 e. The van der Waals surface area contributed by atoms with Gasteiger partial charge in [0.25, 0.3) is 0 Å². The van der Waals surface area contributed by atoms with E-state index in [9.17, 15) is 0 Å². The van der Waals surface area contributed by atoms with E-state index >= 15 is 0 Å². The predicted molar refractivity (Wildman–Crippen MR) is 74.2 cm³/mol. The van der Waals surface area contributed by atoms with Gasteiger partial charge in [0.1, 0.15) is 12.4 Å². The van der Waals surface area contributed by atoms with Crippen molar-refractivity contribution in [3.63, 3.8) is 0 Å². The summed E-state index contributed by atoms with van der Waals surface area (Å²) in [7, 11) is 0. The van der Waals surface area contributed by atoms with Crippen LogP contribution in [0, 0.1) is 0 Å². The van der Waals surface area contributed by atoms with Gasteiger partial charge in [0.05, 0.1) is 19.3 Å². The smallest absolute Gasteiger partial charge is 0.119 e. The van der Waals surface area contributed by atoms with Crippen LogP contribution in [0.3, 0.4) is 0 Å². The lowest BCUT2D eigenvalue weighted by molar-refractivity contribution is -0.0444. The van der Waals surface area contributed by atoms with Crippen molar-refractivity contribution < 1.29 is 14.2 Å². The summed E-state index contributed by atoms with van der Waals surface area (Å²) in [5, 5.41) is 0. The van der Waals surface area contributed by atoms with Crippen LogP contribution in [0.25, 0.3) is 0 Å². The summed E-state index contributed by atoms with van der Waals surface area (Å²) in [5.74, 6) is 0.848. The second kappa shape index (κ2) is 8.15. The van der Waals surface area contributed by atoms with Gasteiger partial charge in [-0.05, 0) is 37.0 Å². The van der Waals surface area contributed by atoms with Crippen LogP contribution >= 0.6 is 0 Å². The second-order valence-corrected chi connectivity index (χ2v) is 4.76. The topological polar surface area (TPSA) is 53.7 Å². The summed E-state index contributed by atoms with van der Waals surface area (Å²) in [6, 6.07) is 7.84. The minimum atomic E-state index is 0.273. The van der Waals surface area contributed by atoms with E-state index in [1.54, 1.807) is 0 Å². The Hall–Kier alpha value is -1.10. The fourth-order valence-electron chi connectivity index (χ4n) is 2.13. The quantitative estimate of drug-likeness (QED) is 0.767. The summed E-state index contributed by atoms with van der Waals surface area (Å²) >= 11 is 0. The number of rotatable bonds is 7. The van der Waals surface area contributed by atoms with Gasteiger partial charge in [0.2, 0.25) is 0 Å². The molecule has 1 saturated heterocycles. The number of ether oxygens (including phenoxy) is 3. The average Bonchev–Trinajstić information content (AvgIpc) is 2.48. The highest BCUT2D eigenvalue weighted by Gasteiger charge is 2.13. The molecule has 19 heavy (non-hydrogen) atoms. The Morgan fingerprint density at radius 2 is 2.21 bits per heavy atom. The first-order chi connectivity index (χ1) is 9.38. The minimum Gasteiger partial charge on any atom is -0.491 e. The second-order valence-electron chi connectivity index (χ2n) is 4.76. The van der Waals surface area contributed by atoms with E-state index in [0.29, 0.717) is 26.4 Å². The highest BCUT2D eigenvalue weighted by atomic mass is 16.5. The zero-order chi connectivity index (χ0) is 13.3. The molecule has 0 amide bonds. The van der Waals surface area contributed by atoms with E-state index in [0.717, 1.165) is 24.3 Å². The largest absolute Gasteiger partial charge is 0.491 e. The van der Waals surface area contributed by atoms with Gasteiger partial charge in [-0.3, -0.25) is 0 Å². The molecule has 2 rings (SSSR count). The van der Waals surface area contributed by atoms with Crippen molar-refractivity contribution in [3.8, 4) is 5.75 Å². The van der Waals surface area contributed by atoms with Gasteiger partial charge in [-0.25, -0.2) is 0 Å². The Bertz CT molecular complexity index is 364. The first-order valence-corrected chi connectivity index (χ1v) is 6.99. The normalized spacial score (nSPS) is 19.3. The lowest BCUT2D eigenvalue weighted by Crippen LogP contribution is -2.25. The third-order valence-electron chi connectivity index (χ3n) is 3.21. The molecular formula is C15H23NO3. The maximum atomic E-state index is 5.62. The van der Waals surface area contributed by atoms with Gasteiger partial charge in [0, 0.05) is 13.2 Å². The molecule has 1 aromatic carbocycles. The molecule has 0 spiro atoms. The fourth-order valence-corrected chi connectivity index (χ4v) is 2.13. The lowest BCUT2D eigenvalue weighted by Gasteiger charge is -2.22. The molecule has 0 bridgehead atoms. The molecule has 0 aromatic heterocycles. The third kappa shape index (κ3) is 5.19. The zero-order valence-electron chi connectivity index (χ0n) is 11.3. The van der Waals surface area contributed by atoms with Gasteiger partial charge < -0.3 is 19.9 Å². The van der Waals surface area contributed by atoms with Crippen molar-refractivity contribution in [2.75, 3.05) is 26.4 Å². The van der Waals surface area contributed by atoms with Gasteiger partial charge in [0.15, 0.2) is 0 Å². The van der Waals surface area contributed by atoms with E-state index in [-0.39, 0.29) is 6.10 Å². The SMILES string of the molecule is NCc1cccc(OCCOCC2CCCCO2)c1. The Morgan fingerprint density at radius 3 is 3.00 bits per heavy atom. The maximum absolute atomic E-state index is 5.62. The number of hydrogen-bond donors (Lipinski definition) is 1. The van der Waals surface area contributed by atoms with Gasteiger partial charge in [-0.1, -0.05) is 12.1 Å². The number of nitrogens with two attached hydrogens (primary N) is 1. The van der Waals surface area contributed by atoms with E-state index in [4.69, 9.17) is 19.9 Å². The van der Waals surface area contributed by atoms with Gasteiger partial charge >= 0.3 is 0 Å². The zero-order valence-corrected chi connectivity index (χ0v) is 11.3. The van der Waals surface area contributed by atoms with Crippen molar-refractivity contribution >= 4 is 0 Å². The molecule has 0 saturated carbocycles. The molecule has 1 unspecified atom stereocenters. The van der Waals surface area contributed by atoms with Gasteiger partial charge in [-0.2, -0.15) is 0 Å². The van der Waals surface area contributed by atoms with E-state index in [1.165, 1.54) is 12.8 Å². The molecule has 4 nitrogen and oxygen atoms in total. The van der Waals surface area contributed by atoms with E-state index < -0.39 is 0 Å². The molecule has 1 atom stereocenters. The summed E-state index contributed by atoms with van der Waals surface area (Å²) in [6.45, 7) is 3.22. The fraction of sp³-hybridized carbons (Fsp3) is 0.600. The van der Waals surface area contributed by atoms with Crippen molar-refractivity contribution in [2.24, 2.45) is 5.73 Å². The van der Waals surface area contributed by atoms with Crippen LogP contribution in [0.1, 0.15) is 24.8 Å². The van der Waals surface area contributed by atoms with Gasteiger partial charge in [-0.15, -0.1) is 0 Å². The van der Waals surface area contributed by atoms with Crippen molar-refractivity contribution in [2.45, 2.75) is 31.9 Å². The minimum absolute atomic E-state index is 0.273. The molecule has 1 aliphatic heterocycles. The number of benzene rings is 1. The molecular weight excluding hydrogens is 242 g/mol. The summed E-state index contributed by atoms with van der Waals surface area (Å²) < 4.78 is 16.8. The van der Waals surface area contributed by atoms with Crippen LogP contribution in [-0.2, 0) is 16.0 Å². The summed E-state index contributed by atoms with van der Waals surface area (Å²) in [5.41, 5.74) is 6.66. The molecule has 0 aliphatic carbocycles. The monoisotopic (exact) mass is 265 g/mol. The Labute approximate surface area is 114 Å². The molecule has 106 valence electrons. The highest BCUT2D eigenvalue weighted by Crippen LogP contribution is 2.14. The van der Waals surface area contributed by atoms with Crippen LogP contribution in [0.4, 0.5) is 0 Å². The molecule has 1 fully saturated rings. The Kier molecular flexibility index (Phi) is 6.14. The van der Waals surface area contributed by atoms with Crippen LogP contribution in [0.15, 0.2) is 24.3 Å². The standard InChI is InChI=1S/C15H23NO3/c16-11-13-4-3-6-14(10-13)19-9-8-17-12-15-5-1-2-7-18-15/h3-4,6,10,15H,1-2,5,7-9,11-12,16H2. The molecule has 1 heterocycles. The van der Waals surface area contributed by atoms with Crippen molar-refractivity contribution in [1.29, 1.82) is 0 Å². The van der Waals surface area contributed by atoms with Crippen molar-refractivity contribution in [3.05, 3.63) is 29.8 Å². The molecule has 0 radical (unpaired) electrons. The van der Waals surface area contributed by atoms with Crippen LogP contribution < -0.4 is 10.5 Å². The molecule has 1 aromatic rings. The van der Waals surface area contributed by atoms with E-state index in [1.807, 2.05) is 24.3 Å². The van der Waals surface area contributed by atoms with Crippen molar-refractivity contribution in [1.82, 2.24) is 0 Å². The lowest BCUT2D eigenvalue weighted by atomic mass is 10.1. The Morgan fingerprint density at radius 1 is 1.26 bits per heavy atom. The first kappa shape index (κ1) is 14.3. The Balaban J connectivity index is 1.58. The van der Waals surface area contributed by atoms with Crippen LogP contribution in [-0.4, -0.2) is 32.5 Å². The van der Waals surface area contributed by atoms with Crippen LogP contribution in [0.5, 0.6) is 5.75 Å². The molecule has 2 N–H and O–H groups in total. The predicted octanol–water partition coefficient (Wildman–Crippen LogP) is 2.11. The highest BCUT2D eigenvalue weighted by molar-refractivity contribution is 5.28. The van der Waals surface area contributed by atoms with Crippen LogP contribution in [0.2, 0.25) is 0 Å². The van der Waals surface area contributed by atoms with E-state index in [2.05, 4.69) is 0 Å². The third-order valence-corrected chi connectivity index (χ3v) is 3.21. The molecule has 1 aliphatic rings.